The fourth-order valence-electron chi connectivity index (χ4n) is 2.32. The van der Waals surface area contributed by atoms with Crippen LogP contribution in [0.1, 0.15) is 25.5 Å². The van der Waals surface area contributed by atoms with Gasteiger partial charge in [0.2, 0.25) is 0 Å². The molecule has 1 aromatic rings. The van der Waals surface area contributed by atoms with Crippen LogP contribution in [0.2, 0.25) is 0 Å². The topological polar surface area (TPSA) is 15.3 Å². The number of hydrogen-bond donors (Lipinski definition) is 1. The minimum Gasteiger partial charge on any atom is -0.314 e. The van der Waals surface area contributed by atoms with Gasteiger partial charge < -0.3 is 5.32 Å². The van der Waals surface area contributed by atoms with Crippen LogP contribution in [0.5, 0.6) is 0 Å². The summed E-state index contributed by atoms with van der Waals surface area (Å²) in [5.74, 6) is -0.200. The van der Waals surface area contributed by atoms with E-state index < -0.39 is 0 Å². The molecule has 2 nitrogen and oxygen atoms in total. The number of nitrogens with one attached hydrogen (secondary N) is 1. The van der Waals surface area contributed by atoms with Crippen LogP contribution in [0.4, 0.5) is 4.39 Å². The zero-order valence-corrected chi connectivity index (χ0v) is 11.8. The van der Waals surface area contributed by atoms with E-state index in [9.17, 15) is 4.39 Å². The number of benzene rings is 1. The third-order valence-corrected chi connectivity index (χ3v) is 4.13. The van der Waals surface area contributed by atoms with E-state index in [4.69, 9.17) is 0 Å². The number of likely N-dealkylation sites (N-methyl/N-ethyl adjacent to an activating group) is 1. The maximum atomic E-state index is 13.2. The van der Waals surface area contributed by atoms with E-state index in [-0.39, 0.29) is 5.82 Å². The van der Waals surface area contributed by atoms with E-state index in [0.717, 1.165) is 25.2 Å². The van der Waals surface area contributed by atoms with E-state index >= 15 is 0 Å². The number of hydrogen-bond acceptors (Lipinski definition) is 2. The maximum Gasteiger partial charge on any atom is 0.137 e. The fourth-order valence-corrected chi connectivity index (χ4v) is 2.72. The van der Waals surface area contributed by atoms with Crippen molar-refractivity contribution in [3.63, 3.8) is 0 Å². The molecule has 0 aromatic heterocycles. The lowest BCUT2D eigenvalue weighted by Gasteiger charge is -2.41. The molecule has 94 valence electrons. The van der Waals surface area contributed by atoms with Gasteiger partial charge in [-0.1, -0.05) is 13.0 Å². The highest BCUT2D eigenvalue weighted by atomic mass is 79.9. The third-order valence-electron chi connectivity index (χ3n) is 3.52. The average Bonchev–Trinajstić information content (AvgIpc) is 2.26. The average molecular weight is 301 g/mol. The highest BCUT2D eigenvalue weighted by Gasteiger charge is 2.27. The predicted molar refractivity (Wildman–Crippen MR) is 71.6 cm³/mol. The summed E-state index contributed by atoms with van der Waals surface area (Å²) in [6, 6.07) is 6.22. The Balaban J connectivity index is 2.16. The smallest absolute Gasteiger partial charge is 0.137 e. The van der Waals surface area contributed by atoms with Crippen molar-refractivity contribution in [1.82, 2.24) is 10.2 Å². The molecule has 1 aromatic carbocycles. The van der Waals surface area contributed by atoms with Crippen LogP contribution in [-0.2, 0) is 0 Å². The molecule has 0 spiro atoms. The first-order chi connectivity index (χ1) is 8.13. The SMILES string of the molecule is CCN(C1CNC1)C(C)c1ccc(F)c(Br)c1. The van der Waals surface area contributed by atoms with Crippen molar-refractivity contribution in [1.29, 1.82) is 0 Å². The number of rotatable bonds is 4. The van der Waals surface area contributed by atoms with Gasteiger partial charge in [0.15, 0.2) is 0 Å². The lowest BCUT2D eigenvalue weighted by molar-refractivity contribution is 0.110. The van der Waals surface area contributed by atoms with Gasteiger partial charge in [0.25, 0.3) is 0 Å². The van der Waals surface area contributed by atoms with Crippen LogP contribution in [0, 0.1) is 5.82 Å². The van der Waals surface area contributed by atoms with E-state index in [0.29, 0.717) is 16.6 Å². The minimum atomic E-state index is -0.200. The van der Waals surface area contributed by atoms with E-state index in [1.165, 1.54) is 6.07 Å². The Morgan fingerprint density at radius 1 is 1.53 bits per heavy atom. The first kappa shape index (κ1) is 13.0. The van der Waals surface area contributed by atoms with Gasteiger partial charge in [0, 0.05) is 25.2 Å². The molecule has 0 radical (unpaired) electrons. The van der Waals surface area contributed by atoms with Gasteiger partial charge in [-0.25, -0.2) is 4.39 Å². The Morgan fingerprint density at radius 3 is 2.71 bits per heavy atom. The standard InChI is InChI=1S/C13H18BrFN2/c1-3-17(11-7-16-8-11)9(2)10-4-5-13(15)12(14)6-10/h4-6,9,11,16H,3,7-8H2,1-2H3. The summed E-state index contributed by atoms with van der Waals surface area (Å²) < 4.78 is 13.8. The van der Waals surface area contributed by atoms with Gasteiger partial charge in [-0.15, -0.1) is 0 Å². The molecular weight excluding hydrogens is 283 g/mol. The minimum absolute atomic E-state index is 0.200. The molecule has 4 heteroatoms. The third kappa shape index (κ3) is 2.69. The van der Waals surface area contributed by atoms with Gasteiger partial charge in [0.1, 0.15) is 5.82 Å². The second-order valence-electron chi connectivity index (χ2n) is 4.49. The van der Waals surface area contributed by atoms with Crippen molar-refractivity contribution >= 4 is 15.9 Å². The molecule has 1 aliphatic heterocycles. The molecule has 2 rings (SSSR count). The predicted octanol–water partition coefficient (Wildman–Crippen LogP) is 2.94. The van der Waals surface area contributed by atoms with Gasteiger partial charge in [-0.3, -0.25) is 4.90 Å². The van der Waals surface area contributed by atoms with Crippen LogP contribution in [0.25, 0.3) is 0 Å². The highest BCUT2D eigenvalue weighted by Crippen LogP contribution is 2.27. The molecule has 1 heterocycles. The molecule has 0 saturated carbocycles. The normalized spacial score (nSPS) is 18.2. The molecule has 1 fully saturated rings. The Labute approximate surface area is 110 Å². The van der Waals surface area contributed by atoms with Crippen LogP contribution in [0.3, 0.4) is 0 Å². The summed E-state index contributed by atoms with van der Waals surface area (Å²) in [5.41, 5.74) is 1.16. The lowest BCUT2D eigenvalue weighted by Crippen LogP contribution is -2.57. The van der Waals surface area contributed by atoms with E-state index in [2.05, 4.69) is 40.0 Å². The molecule has 0 amide bonds. The molecule has 1 aliphatic rings. The van der Waals surface area contributed by atoms with Crippen molar-refractivity contribution < 1.29 is 4.39 Å². The Bertz CT molecular complexity index is 393. The quantitative estimate of drug-likeness (QED) is 0.920. The maximum absolute atomic E-state index is 13.2. The van der Waals surface area contributed by atoms with Crippen LogP contribution >= 0.6 is 15.9 Å². The summed E-state index contributed by atoms with van der Waals surface area (Å²) in [7, 11) is 0. The van der Waals surface area contributed by atoms with Crippen molar-refractivity contribution in [2.45, 2.75) is 25.9 Å². The monoisotopic (exact) mass is 300 g/mol. The van der Waals surface area contributed by atoms with E-state index in [1.54, 1.807) is 0 Å². The first-order valence-corrected chi connectivity index (χ1v) is 6.84. The Kier molecular flexibility index (Phi) is 4.17. The summed E-state index contributed by atoms with van der Waals surface area (Å²) in [5, 5.41) is 3.29. The summed E-state index contributed by atoms with van der Waals surface area (Å²) in [4.78, 5) is 2.45. The largest absolute Gasteiger partial charge is 0.314 e. The molecule has 1 atom stereocenters. The van der Waals surface area contributed by atoms with Crippen molar-refractivity contribution in [2.75, 3.05) is 19.6 Å². The Morgan fingerprint density at radius 2 is 2.24 bits per heavy atom. The van der Waals surface area contributed by atoms with Crippen LogP contribution < -0.4 is 5.32 Å². The molecular formula is C13H18BrFN2. The molecule has 1 saturated heterocycles. The molecule has 0 aliphatic carbocycles. The van der Waals surface area contributed by atoms with Crippen molar-refractivity contribution in [3.8, 4) is 0 Å². The van der Waals surface area contributed by atoms with Crippen molar-refractivity contribution in [2.24, 2.45) is 0 Å². The van der Waals surface area contributed by atoms with E-state index in [1.807, 2.05) is 12.1 Å². The zero-order valence-electron chi connectivity index (χ0n) is 10.2. The summed E-state index contributed by atoms with van der Waals surface area (Å²) in [6.45, 7) is 7.48. The van der Waals surface area contributed by atoms with Gasteiger partial charge in [0.05, 0.1) is 4.47 Å². The molecule has 1 unspecified atom stereocenters. The Hall–Kier alpha value is -0.450. The van der Waals surface area contributed by atoms with Crippen LogP contribution in [0.15, 0.2) is 22.7 Å². The second-order valence-corrected chi connectivity index (χ2v) is 5.35. The molecule has 1 N–H and O–H groups in total. The van der Waals surface area contributed by atoms with Gasteiger partial charge in [-0.2, -0.15) is 0 Å². The zero-order chi connectivity index (χ0) is 12.4. The molecule has 0 bridgehead atoms. The first-order valence-electron chi connectivity index (χ1n) is 6.05. The summed E-state index contributed by atoms with van der Waals surface area (Å²) >= 11 is 3.25. The van der Waals surface area contributed by atoms with Crippen molar-refractivity contribution in [3.05, 3.63) is 34.1 Å². The number of nitrogens with zero attached hydrogens (tertiary/aromatic N) is 1. The molecule has 17 heavy (non-hydrogen) atoms. The van der Waals surface area contributed by atoms with Crippen LogP contribution in [-0.4, -0.2) is 30.6 Å². The highest BCUT2D eigenvalue weighted by molar-refractivity contribution is 9.10. The second kappa shape index (κ2) is 5.46. The number of halogens is 2. The lowest BCUT2D eigenvalue weighted by atomic mass is 10.0. The summed E-state index contributed by atoms with van der Waals surface area (Å²) in [6.07, 6.45) is 0. The van der Waals surface area contributed by atoms with Gasteiger partial charge in [-0.05, 0) is 47.1 Å². The fraction of sp³-hybridized carbons (Fsp3) is 0.538. The van der Waals surface area contributed by atoms with Gasteiger partial charge >= 0.3 is 0 Å².